The molecule has 0 amide bonds. The number of hydrogen-bond acceptors (Lipinski definition) is 2. The van der Waals surface area contributed by atoms with E-state index in [0.717, 1.165) is 15.0 Å². The Hall–Kier alpha value is -1.35. The summed E-state index contributed by atoms with van der Waals surface area (Å²) in [4.78, 5) is 11.6. The average molecular weight is 191 g/mol. The van der Waals surface area contributed by atoms with Crippen LogP contribution in [0.5, 0.6) is 0 Å². The summed E-state index contributed by atoms with van der Waals surface area (Å²) < 4.78 is 1.08. The first-order valence-electron chi connectivity index (χ1n) is 3.75. The van der Waals surface area contributed by atoms with Gasteiger partial charge in [-0.3, -0.25) is 0 Å². The smallest absolute Gasteiger partial charge is 0.335 e. The van der Waals surface area contributed by atoms with E-state index in [1.807, 2.05) is 12.1 Å². The quantitative estimate of drug-likeness (QED) is 0.752. The second-order valence-electron chi connectivity index (χ2n) is 2.77. The van der Waals surface area contributed by atoms with Crippen LogP contribution < -0.4 is 0 Å². The molecule has 0 bridgehead atoms. The molecule has 13 heavy (non-hydrogen) atoms. The third kappa shape index (κ3) is 1.42. The first kappa shape index (κ1) is 8.26. The van der Waals surface area contributed by atoms with Gasteiger partial charge in [-0.1, -0.05) is 0 Å². The molecule has 1 aromatic carbocycles. The van der Waals surface area contributed by atoms with E-state index in [9.17, 15) is 4.79 Å². The SMILES string of the molecule is [CH2]c1cc2cc(C(=O)O)ccc2s1. The predicted molar refractivity (Wildman–Crippen MR) is 53.2 cm³/mol. The minimum atomic E-state index is -0.890. The fraction of sp³-hybridized carbons (Fsp3) is 0. The maximum atomic E-state index is 10.6. The summed E-state index contributed by atoms with van der Waals surface area (Å²) in [5.41, 5.74) is 0.324. The van der Waals surface area contributed by atoms with Crippen molar-refractivity contribution in [3.8, 4) is 0 Å². The van der Waals surface area contributed by atoms with E-state index < -0.39 is 5.97 Å². The fourth-order valence-electron chi connectivity index (χ4n) is 1.23. The van der Waals surface area contributed by atoms with E-state index in [4.69, 9.17) is 5.11 Å². The summed E-state index contributed by atoms with van der Waals surface area (Å²) in [5, 5.41) is 9.69. The van der Waals surface area contributed by atoms with Crippen LogP contribution in [-0.4, -0.2) is 11.1 Å². The van der Waals surface area contributed by atoms with Crippen molar-refractivity contribution < 1.29 is 9.90 Å². The van der Waals surface area contributed by atoms with Crippen molar-refractivity contribution in [3.63, 3.8) is 0 Å². The first-order valence-corrected chi connectivity index (χ1v) is 4.57. The van der Waals surface area contributed by atoms with Crippen LogP contribution in [0.25, 0.3) is 10.1 Å². The van der Waals surface area contributed by atoms with Gasteiger partial charge in [0, 0.05) is 9.58 Å². The van der Waals surface area contributed by atoms with Crippen LogP contribution in [0.3, 0.4) is 0 Å². The van der Waals surface area contributed by atoms with Gasteiger partial charge in [0.2, 0.25) is 0 Å². The highest BCUT2D eigenvalue weighted by molar-refractivity contribution is 7.19. The Morgan fingerprint density at radius 1 is 1.38 bits per heavy atom. The van der Waals surface area contributed by atoms with Gasteiger partial charge in [-0.2, -0.15) is 0 Å². The van der Waals surface area contributed by atoms with Gasteiger partial charge >= 0.3 is 5.97 Å². The summed E-state index contributed by atoms with van der Waals surface area (Å²) in [6.45, 7) is 3.80. The number of carbonyl (C=O) groups is 1. The third-order valence-electron chi connectivity index (χ3n) is 1.81. The lowest BCUT2D eigenvalue weighted by molar-refractivity contribution is 0.0697. The van der Waals surface area contributed by atoms with Gasteiger partial charge in [-0.25, -0.2) is 4.79 Å². The summed E-state index contributed by atoms with van der Waals surface area (Å²) in [7, 11) is 0. The number of hydrogen-bond donors (Lipinski definition) is 1. The van der Waals surface area contributed by atoms with Crippen molar-refractivity contribution in [2.24, 2.45) is 0 Å². The minimum Gasteiger partial charge on any atom is -0.478 e. The molecule has 65 valence electrons. The number of carboxylic acid groups (broad SMARTS) is 1. The zero-order valence-electron chi connectivity index (χ0n) is 6.78. The van der Waals surface area contributed by atoms with Crippen LogP contribution in [0.15, 0.2) is 24.3 Å². The Morgan fingerprint density at radius 2 is 2.15 bits per heavy atom. The second-order valence-corrected chi connectivity index (χ2v) is 3.94. The molecule has 0 saturated heterocycles. The topological polar surface area (TPSA) is 37.3 Å². The third-order valence-corrected chi connectivity index (χ3v) is 2.79. The lowest BCUT2D eigenvalue weighted by Crippen LogP contribution is -1.94. The second kappa shape index (κ2) is 2.85. The van der Waals surface area contributed by atoms with E-state index in [1.54, 1.807) is 23.5 Å². The lowest BCUT2D eigenvalue weighted by Gasteiger charge is -1.92. The molecule has 0 atom stereocenters. The number of carboxylic acids is 1. The monoisotopic (exact) mass is 191 g/mol. The molecule has 1 aromatic heterocycles. The van der Waals surface area contributed by atoms with Crippen LogP contribution in [0.2, 0.25) is 0 Å². The zero-order chi connectivity index (χ0) is 9.42. The molecule has 1 heterocycles. The molecule has 0 aliphatic rings. The predicted octanol–water partition coefficient (Wildman–Crippen LogP) is 2.78. The maximum absolute atomic E-state index is 10.6. The van der Waals surface area contributed by atoms with Crippen molar-refractivity contribution in [2.45, 2.75) is 0 Å². The van der Waals surface area contributed by atoms with E-state index in [1.165, 1.54) is 0 Å². The Kier molecular flexibility index (Phi) is 1.81. The molecule has 3 heteroatoms. The number of benzene rings is 1. The van der Waals surface area contributed by atoms with Crippen LogP contribution >= 0.6 is 11.3 Å². The molecule has 0 aliphatic heterocycles. The summed E-state index contributed by atoms with van der Waals surface area (Å²) in [5.74, 6) is -0.890. The Labute approximate surface area is 79.4 Å². The summed E-state index contributed by atoms with van der Waals surface area (Å²) in [6, 6.07) is 6.99. The van der Waals surface area contributed by atoms with Gasteiger partial charge in [-0.05, 0) is 36.6 Å². The molecule has 0 saturated carbocycles. The molecule has 1 N–H and O–H groups in total. The molecule has 1 radical (unpaired) electrons. The average Bonchev–Trinajstić information content (AvgIpc) is 2.42. The van der Waals surface area contributed by atoms with Crippen LogP contribution in [0, 0.1) is 6.92 Å². The standard InChI is InChI=1S/C10H7O2S/c1-6-4-8-5-7(10(11)12)2-3-9(8)13-6/h2-5H,1H2,(H,11,12). The van der Waals surface area contributed by atoms with E-state index in [2.05, 4.69) is 6.92 Å². The number of aromatic carboxylic acids is 1. The highest BCUT2D eigenvalue weighted by atomic mass is 32.1. The number of fused-ring (bicyclic) bond motifs is 1. The molecule has 0 spiro atoms. The Balaban J connectivity index is 2.67. The van der Waals surface area contributed by atoms with Gasteiger partial charge in [0.15, 0.2) is 0 Å². The molecule has 2 rings (SSSR count). The zero-order valence-corrected chi connectivity index (χ0v) is 7.60. The first-order chi connectivity index (χ1) is 6.16. The lowest BCUT2D eigenvalue weighted by atomic mass is 10.2. The molecule has 2 nitrogen and oxygen atoms in total. The highest BCUT2D eigenvalue weighted by Gasteiger charge is 2.04. The van der Waals surface area contributed by atoms with E-state index in [0.29, 0.717) is 5.56 Å². The van der Waals surface area contributed by atoms with Crippen molar-refractivity contribution in [1.29, 1.82) is 0 Å². The number of thiophene rings is 1. The number of rotatable bonds is 1. The molecular formula is C10H7O2S. The Morgan fingerprint density at radius 3 is 2.85 bits per heavy atom. The maximum Gasteiger partial charge on any atom is 0.335 e. The van der Waals surface area contributed by atoms with Gasteiger partial charge in [0.05, 0.1) is 5.56 Å². The van der Waals surface area contributed by atoms with Crippen LogP contribution in [-0.2, 0) is 0 Å². The minimum absolute atomic E-state index is 0.324. The fourth-order valence-corrected chi connectivity index (χ4v) is 2.07. The molecule has 0 fully saturated rings. The van der Waals surface area contributed by atoms with Gasteiger partial charge < -0.3 is 5.11 Å². The highest BCUT2D eigenvalue weighted by Crippen LogP contribution is 2.25. The molecule has 0 unspecified atom stereocenters. The van der Waals surface area contributed by atoms with Crippen molar-refractivity contribution in [1.82, 2.24) is 0 Å². The van der Waals surface area contributed by atoms with Crippen LogP contribution in [0.1, 0.15) is 15.2 Å². The van der Waals surface area contributed by atoms with Gasteiger partial charge in [0.1, 0.15) is 0 Å². The summed E-state index contributed by atoms with van der Waals surface area (Å²) >= 11 is 1.57. The Bertz CT molecular complexity index is 471. The van der Waals surface area contributed by atoms with Gasteiger partial charge in [0.25, 0.3) is 0 Å². The molecule has 0 aliphatic carbocycles. The van der Waals surface area contributed by atoms with Crippen LogP contribution in [0.4, 0.5) is 0 Å². The molecule has 2 aromatic rings. The van der Waals surface area contributed by atoms with E-state index >= 15 is 0 Å². The van der Waals surface area contributed by atoms with Crippen molar-refractivity contribution in [2.75, 3.05) is 0 Å². The van der Waals surface area contributed by atoms with Gasteiger partial charge in [-0.15, -0.1) is 11.3 Å². The van der Waals surface area contributed by atoms with Crippen molar-refractivity contribution in [3.05, 3.63) is 41.6 Å². The normalized spacial score (nSPS) is 10.5. The molecular weight excluding hydrogens is 184 g/mol. The summed E-state index contributed by atoms with van der Waals surface area (Å²) in [6.07, 6.45) is 0. The van der Waals surface area contributed by atoms with E-state index in [-0.39, 0.29) is 0 Å². The van der Waals surface area contributed by atoms with Crippen molar-refractivity contribution >= 4 is 27.4 Å². The largest absolute Gasteiger partial charge is 0.478 e.